The van der Waals surface area contributed by atoms with Crippen molar-refractivity contribution in [2.75, 3.05) is 0 Å². The van der Waals surface area contributed by atoms with Gasteiger partial charge in [-0.05, 0) is 23.3 Å². The Hall–Kier alpha value is -2.03. The number of rotatable bonds is 2. The Morgan fingerprint density at radius 2 is 1.28 bits per heavy atom. The first kappa shape index (κ1) is 9.95. The zero-order chi connectivity index (χ0) is 14.8. The van der Waals surface area contributed by atoms with Crippen LogP contribution in [-0.4, -0.2) is 0 Å². The Kier molecular flexibility index (Phi) is 2.81. The second-order valence-electron chi connectivity index (χ2n) is 3.69. The summed E-state index contributed by atoms with van der Waals surface area (Å²) in [7, 11) is 0. The van der Waals surface area contributed by atoms with E-state index < -0.39 is 11.7 Å². The second kappa shape index (κ2) is 5.08. The monoisotopic (exact) mass is 250 g/mol. The van der Waals surface area contributed by atoms with Gasteiger partial charge in [-0.15, -0.1) is 0 Å². The van der Waals surface area contributed by atoms with Crippen LogP contribution in [0.5, 0.6) is 0 Å². The smallest absolute Gasteiger partial charge is 0.166 e. The molecule has 0 spiro atoms. The highest BCUT2D eigenvalue weighted by Gasteiger charge is 2.29. The molecular weight excluding hydrogens is 237 g/mol. The van der Waals surface area contributed by atoms with Crippen molar-refractivity contribution in [1.29, 1.82) is 0 Å². The van der Waals surface area contributed by atoms with Gasteiger partial charge in [0, 0.05) is 0 Å². The van der Waals surface area contributed by atoms with E-state index in [1.54, 1.807) is 30.3 Å². The summed E-state index contributed by atoms with van der Waals surface area (Å²) in [5.41, 5.74) is 0.0737. The predicted molar refractivity (Wildman–Crippen MR) is 66.8 cm³/mol. The summed E-state index contributed by atoms with van der Waals surface area (Å²) in [4.78, 5) is 0. The molecule has 0 fully saturated rings. The molecule has 0 saturated heterocycles. The summed E-state index contributed by atoms with van der Waals surface area (Å²) >= 11 is 0. The molecule has 2 rings (SSSR count). The van der Waals surface area contributed by atoms with Gasteiger partial charge in [-0.2, -0.15) is 13.2 Å². The quantitative estimate of drug-likeness (QED) is 0.666. The molecule has 2 aromatic rings. The maximum atomic E-state index is 12.4. The molecule has 2 aromatic carbocycles. The van der Waals surface area contributed by atoms with Gasteiger partial charge in [0.15, 0.2) is 0 Å². The van der Waals surface area contributed by atoms with Crippen LogP contribution in [0.1, 0.15) is 19.4 Å². The number of alkyl halides is 3. The topological polar surface area (TPSA) is 0 Å². The molecule has 92 valence electrons. The van der Waals surface area contributed by atoms with Crippen LogP contribution in [0.2, 0.25) is 0 Å². The molecule has 0 saturated carbocycles. The molecule has 0 atom stereocenters. The second-order valence-corrected chi connectivity index (χ2v) is 3.69. The third-order valence-electron chi connectivity index (χ3n) is 2.34. The van der Waals surface area contributed by atoms with Gasteiger partial charge in [0.1, 0.15) is 0 Å². The first-order valence-electron chi connectivity index (χ1n) is 6.30. The number of hydrogen-bond acceptors (Lipinski definition) is 0. The van der Waals surface area contributed by atoms with Gasteiger partial charge in [0.2, 0.25) is 0 Å². The first-order chi connectivity index (χ1) is 9.39. The van der Waals surface area contributed by atoms with Crippen LogP contribution in [0.25, 0.3) is 12.1 Å². The summed E-state index contributed by atoms with van der Waals surface area (Å²) in [5.74, 6) is 0. The van der Waals surface area contributed by atoms with Crippen molar-refractivity contribution < 1.29 is 15.9 Å². The molecule has 0 heterocycles. The lowest BCUT2D eigenvalue weighted by molar-refractivity contribution is -0.137. The van der Waals surface area contributed by atoms with E-state index >= 15 is 0 Å². The van der Waals surface area contributed by atoms with Gasteiger partial charge in [-0.3, -0.25) is 0 Å². The maximum absolute atomic E-state index is 12.4. The van der Waals surface area contributed by atoms with Crippen LogP contribution in [0.4, 0.5) is 13.2 Å². The van der Waals surface area contributed by atoms with Crippen LogP contribution in [0.3, 0.4) is 0 Å². The highest BCUT2D eigenvalue weighted by atomic mass is 19.4. The fourth-order valence-electron chi connectivity index (χ4n) is 1.41. The van der Waals surface area contributed by atoms with Crippen molar-refractivity contribution in [2.24, 2.45) is 0 Å². The Labute approximate surface area is 106 Å². The summed E-state index contributed by atoms with van der Waals surface area (Å²) in [6.45, 7) is 0. The lowest BCUT2D eigenvalue weighted by Crippen LogP contribution is -2.03. The van der Waals surface area contributed by atoms with Gasteiger partial charge >= 0.3 is 6.18 Å². The Bertz CT molecular complexity index is 614. The molecule has 3 heteroatoms. The minimum absolute atomic E-state index is 0.0228. The fraction of sp³-hybridized carbons (Fsp3) is 0.0667. The molecule has 0 aliphatic heterocycles. The summed E-state index contributed by atoms with van der Waals surface area (Å²) < 4.78 is 53.1. The van der Waals surface area contributed by atoms with Crippen LogP contribution in [0, 0.1) is 0 Å². The lowest BCUT2D eigenvalue weighted by atomic mass is 10.1. The van der Waals surface area contributed by atoms with Crippen molar-refractivity contribution in [2.45, 2.75) is 6.18 Å². The largest absolute Gasteiger partial charge is 0.416 e. The van der Waals surface area contributed by atoms with Crippen molar-refractivity contribution in [3.8, 4) is 0 Å². The predicted octanol–water partition coefficient (Wildman–Crippen LogP) is 4.88. The molecule has 0 unspecified atom stereocenters. The van der Waals surface area contributed by atoms with E-state index in [1.807, 2.05) is 0 Å². The number of benzene rings is 2. The van der Waals surface area contributed by atoms with E-state index in [0.717, 1.165) is 12.1 Å². The molecule has 0 bridgehead atoms. The summed E-state index contributed by atoms with van der Waals surface area (Å²) in [6, 6.07) is 12.8. The van der Waals surface area contributed by atoms with E-state index in [1.165, 1.54) is 12.1 Å². The lowest BCUT2D eigenvalue weighted by Gasteiger charge is -2.05. The zero-order valence-electron chi connectivity index (χ0n) is 11.3. The van der Waals surface area contributed by atoms with Gasteiger partial charge in [0.25, 0.3) is 0 Å². The average Bonchev–Trinajstić information content (AvgIpc) is 2.46. The molecule has 0 aliphatic rings. The van der Waals surface area contributed by atoms with Gasteiger partial charge in [0.05, 0.1) is 8.30 Å². The molecular formula is C15H11F3. The molecule has 0 nitrogen and oxygen atoms in total. The molecule has 0 aliphatic carbocycles. The summed E-state index contributed by atoms with van der Waals surface area (Å²) in [5, 5.41) is 0. The average molecular weight is 250 g/mol. The van der Waals surface area contributed by atoms with E-state index in [-0.39, 0.29) is 17.7 Å². The standard InChI is InChI=1S/C15H11F3/c16-15(17,18)14-10-8-13(9-11-14)7-6-12-4-2-1-3-5-12/h1-11H/b7-6+/i6D,7D. The van der Waals surface area contributed by atoms with E-state index in [9.17, 15) is 13.2 Å². The fourth-order valence-corrected chi connectivity index (χ4v) is 1.41. The van der Waals surface area contributed by atoms with Crippen LogP contribution >= 0.6 is 0 Å². The zero-order valence-corrected chi connectivity index (χ0v) is 9.33. The highest BCUT2D eigenvalue weighted by molar-refractivity contribution is 5.69. The van der Waals surface area contributed by atoms with Crippen LogP contribution in [0.15, 0.2) is 54.6 Å². The minimum atomic E-state index is -4.40. The molecule has 0 radical (unpaired) electrons. The van der Waals surface area contributed by atoms with Crippen LogP contribution in [-0.2, 0) is 6.18 Å². The van der Waals surface area contributed by atoms with Crippen molar-refractivity contribution in [3.63, 3.8) is 0 Å². The molecule has 18 heavy (non-hydrogen) atoms. The van der Waals surface area contributed by atoms with Gasteiger partial charge < -0.3 is 0 Å². The SMILES string of the molecule is [2H]/C(=C(/[2H])c1ccc(C(F)(F)F)cc1)c1ccccc1. The van der Waals surface area contributed by atoms with Gasteiger partial charge in [-0.25, -0.2) is 0 Å². The van der Waals surface area contributed by atoms with Crippen LogP contribution < -0.4 is 0 Å². The van der Waals surface area contributed by atoms with Crippen molar-refractivity contribution >= 4 is 12.1 Å². The van der Waals surface area contributed by atoms with E-state index in [4.69, 9.17) is 2.74 Å². The normalized spacial score (nSPS) is 14.6. The molecule has 0 aromatic heterocycles. The third-order valence-corrected chi connectivity index (χ3v) is 2.34. The maximum Gasteiger partial charge on any atom is 0.416 e. The first-order valence-corrected chi connectivity index (χ1v) is 5.30. The van der Waals surface area contributed by atoms with E-state index in [0.29, 0.717) is 5.56 Å². The third kappa shape index (κ3) is 3.23. The minimum Gasteiger partial charge on any atom is -0.166 e. The molecule has 0 N–H and O–H groups in total. The number of hydrogen-bond donors (Lipinski definition) is 0. The summed E-state index contributed by atoms with van der Waals surface area (Å²) in [6.07, 6.45) is -4.40. The highest BCUT2D eigenvalue weighted by Crippen LogP contribution is 2.29. The van der Waals surface area contributed by atoms with Crippen molar-refractivity contribution in [3.05, 3.63) is 71.3 Å². The molecule has 0 amide bonds. The Balaban J connectivity index is 2.36. The Morgan fingerprint density at radius 1 is 0.778 bits per heavy atom. The van der Waals surface area contributed by atoms with Gasteiger partial charge in [-0.1, -0.05) is 54.6 Å². The van der Waals surface area contributed by atoms with Crippen molar-refractivity contribution in [1.82, 2.24) is 0 Å². The Morgan fingerprint density at radius 3 is 1.78 bits per heavy atom. The van der Waals surface area contributed by atoms with E-state index in [2.05, 4.69) is 0 Å². The number of halogens is 3.